The summed E-state index contributed by atoms with van der Waals surface area (Å²) in [4.78, 5) is 3.64. The first-order chi connectivity index (χ1) is 7.17. The number of anilines is 1. The molecule has 1 aromatic heterocycles. The third-order valence-electron chi connectivity index (χ3n) is 2.10. The van der Waals surface area contributed by atoms with Gasteiger partial charge < -0.3 is 5.32 Å². The molecule has 0 fully saturated rings. The summed E-state index contributed by atoms with van der Waals surface area (Å²) in [6.45, 7) is 1.96. The second kappa shape index (κ2) is 5.85. The number of rotatable bonds is 5. The molecule has 1 N–H and O–H groups in total. The number of nitrogens with zero attached hydrogens (tertiary/aromatic N) is 1. The molecule has 2 nitrogen and oxygen atoms in total. The van der Waals surface area contributed by atoms with Gasteiger partial charge in [0.25, 0.3) is 0 Å². The van der Waals surface area contributed by atoms with E-state index in [1.165, 1.54) is 0 Å². The van der Waals surface area contributed by atoms with Gasteiger partial charge in [-0.1, -0.05) is 6.92 Å². The van der Waals surface area contributed by atoms with E-state index < -0.39 is 11.6 Å². The van der Waals surface area contributed by atoms with E-state index in [2.05, 4.69) is 10.3 Å². The Kier molecular flexibility index (Phi) is 4.75. The number of hydrogen-bond donors (Lipinski definition) is 1. The monoisotopic (exact) mass is 234 g/mol. The van der Waals surface area contributed by atoms with Gasteiger partial charge in [-0.3, -0.25) is 0 Å². The summed E-state index contributed by atoms with van der Waals surface area (Å²) in [5, 5.41) is 2.89. The molecule has 1 heterocycles. The molecule has 0 aromatic carbocycles. The van der Waals surface area contributed by atoms with Gasteiger partial charge in [0.1, 0.15) is 5.82 Å². The topological polar surface area (TPSA) is 24.9 Å². The average molecular weight is 235 g/mol. The Morgan fingerprint density at radius 2 is 2.27 bits per heavy atom. The van der Waals surface area contributed by atoms with Crippen molar-refractivity contribution in [1.29, 1.82) is 0 Å². The minimum atomic E-state index is -0.678. The lowest BCUT2D eigenvalue weighted by Crippen LogP contribution is -2.20. The molecule has 15 heavy (non-hydrogen) atoms. The van der Waals surface area contributed by atoms with Crippen LogP contribution in [0.4, 0.5) is 14.6 Å². The van der Waals surface area contributed by atoms with E-state index in [0.29, 0.717) is 5.88 Å². The zero-order valence-electron chi connectivity index (χ0n) is 8.43. The molecule has 0 saturated carbocycles. The summed E-state index contributed by atoms with van der Waals surface area (Å²) in [5.74, 6) is -0.784. The van der Waals surface area contributed by atoms with Gasteiger partial charge in [0.15, 0.2) is 11.6 Å². The Morgan fingerprint density at radius 3 is 2.80 bits per heavy atom. The Hall–Kier alpha value is -0.900. The molecule has 1 unspecified atom stereocenters. The highest BCUT2D eigenvalue weighted by molar-refractivity contribution is 6.17. The smallest absolute Gasteiger partial charge is 0.168 e. The highest BCUT2D eigenvalue weighted by Crippen LogP contribution is 2.14. The van der Waals surface area contributed by atoms with Crippen LogP contribution in [0.3, 0.4) is 0 Å². The predicted octanol–water partition coefficient (Wildman–Crippen LogP) is 3.18. The maximum absolute atomic E-state index is 13.2. The van der Waals surface area contributed by atoms with Crippen molar-refractivity contribution in [1.82, 2.24) is 4.98 Å². The van der Waals surface area contributed by atoms with Gasteiger partial charge >= 0.3 is 0 Å². The summed E-state index contributed by atoms with van der Waals surface area (Å²) in [6, 6.07) is 0.873. The lowest BCUT2D eigenvalue weighted by molar-refractivity contribution is 0.569. The number of pyridine rings is 1. The lowest BCUT2D eigenvalue weighted by atomic mass is 10.2. The van der Waals surface area contributed by atoms with Crippen molar-refractivity contribution in [2.75, 3.05) is 11.2 Å². The van der Waals surface area contributed by atoms with Crippen LogP contribution in [0.25, 0.3) is 0 Å². The molecule has 0 aliphatic rings. The first-order valence-electron chi connectivity index (χ1n) is 4.81. The van der Waals surface area contributed by atoms with Crippen LogP contribution in [-0.4, -0.2) is 16.9 Å². The van der Waals surface area contributed by atoms with Crippen LogP contribution in [0.2, 0.25) is 0 Å². The van der Waals surface area contributed by atoms with Gasteiger partial charge in [-0.05, 0) is 12.8 Å². The fraction of sp³-hybridized carbons (Fsp3) is 0.500. The fourth-order valence-corrected chi connectivity index (χ4v) is 1.49. The zero-order valence-corrected chi connectivity index (χ0v) is 9.19. The number of aromatic nitrogens is 1. The first kappa shape index (κ1) is 12.2. The molecule has 1 atom stereocenters. The van der Waals surface area contributed by atoms with Crippen LogP contribution in [-0.2, 0) is 0 Å². The minimum Gasteiger partial charge on any atom is -0.365 e. The Labute approximate surface area is 92.7 Å². The molecule has 84 valence electrons. The van der Waals surface area contributed by atoms with Gasteiger partial charge in [-0.15, -0.1) is 11.6 Å². The number of hydrogen-bond acceptors (Lipinski definition) is 2. The Morgan fingerprint density at radius 1 is 1.53 bits per heavy atom. The second-order valence-corrected chi connectivity index (χ2v) is 3.59. The van der Waals surface area contributed by atoms with E-state index in [9.17, 15) is 8.78 Å². The average Bonchev–Trinajstić information content (AvgIpc) is 2.21. The van der Waals surface area contributed by atoms with E-state index >= 15 is 0 Å². The quantitative estimate of drug-likeness (QED) is 0.792. The third-order valence-corrected chi connectivity index (χ3v) is 2.32. The highest BCUT2D eigenvalue weighted by Gasteiger charge is 2.10. The van der Waals surface area contributed by atoms with Crippen LogP contribution in [0.1, 0.15) is 19.8 Å². The lowest BCUT2D eigenvalue weighted by Gasteiger charge is -2.16. The molecule has 0 radical (unpaired) electrons. The van der Waals surface area contributed by atoms with Crippen LogP contribution in [0.5, 0.6) is 0 Å². The van der Waals surface area contributed by atoms with E-state index in [4.69, 9.17) is 11.6 Å². The van der Waals surface area contributed by atoms with Crippen molar-refractivity contribution in [3.05, 3.63) is 23.9 Å². The normalized spacial score (nSPS) is 12.5. The molecule has 0 bridgehead atoms. The van der Waals surface area contributed by atoms with Gasteiger partial charge in [0, 0.05) is 18.0 Å². The molecule has 0 aliphatic heterocycles. The van der Waals surface area contributed by atoms with Crippen molar-refractivity contribution in [3.8, 4) is 0 Å². The molecule has 5 heteroatoms. The Bertz CT molecular complexity index is 320. The summed E-state index contributed by atoms with van der Waals surface area (Å²) in [7, 11) is 0. The van der Waals surface area contributed by atoms with Gasteiger partial charge in [0.2, 0.25) is 0 Å². The zero-order chi connectivity index (χ0) is 11.3. The maximum Gasteiger partial charge on any atom is 0.168 e. The van der Waals surface area contributed by atoms with E-state index in [1.807, 2.05) is 6.92 Å². The third kappa shape index (κ3) is 3.63. The highest BCUT2D eigenvalue weighted by atomic mass is 35.5. The van der Waals surface area contributed by atoms with Crippen molar-refractivity contribution in [2.45, 2.75) is 25.8 Å². The Balaban J connectivity index is 2.70. The molecule has 1 rings (SSSR count). The SMILES string of the molecule is CCC(CCCl)Nc1ncc(F)cc1F. The molecule has 0 spiro atoms. The van der Waals surface area contributed by atoms with Gasteiger partial charge in [-0.25, -0.2) is 13.8 Å². The standard InChI is InChI=1S/C10H13ClF2N2/c1-2-8(3-4-11)15-10-9(13)5-7(12)6-14-10/h5-6,8H,2-4H2,1H3,(H,14,15). The number of halogens is 3. The van der Waals surface area contributed by atoms with Crippen LogP contribution >= 0.6 is 11.6 Å². The predicted molar refractivity (Wildman–Crippen MR) is 57.2 cm³/mol. The number of nitrogens with one attached hydrogen (secondary N) is 1. The van der Waals surface area contributed by atoms with Crippen LogP contribution in [0, 0.1) is 11.6 Å². The maximum atomic E-state index is 13.2. The molecule has 1 aromatic rings. The van der Waals surface area contributed by atoms with Crippen molar-refractivity contribution in [2.24, 2.45) is 0 Å². The first-order valence-corrected chi connectivity index (χ1v) is 5.34. The molecular weight excluding hydrogens is 222 g/mol. The summed E-state index contributed by atoms with van der Waals surface area (Å²) in [5.41, 5.74) is 0. The van der Waals surface area contributed by atoms with E-state index in [0.717, 1.165) is 25.1 Å². The van der Waals surface area contributed by atoms with E-state index in [1.54, 1.807) is 0 Å². The molecule has 0 aliphatic carbocycles. The molecular formula is C10H13ClF2N2. The van der Waals surface area contributed by atoms with Gasteiger partial charge in [-0.2, -0.15) is 0 Å². The fourth-order valence-electron chi connectivity index (χ4n) is 1.22. The summed E-state index contributed by atoms with van der Waals surface area (Å²) >= 11 is 5.59. The summed E-state index contributed by atoms with van der Waals surface area (Å²) < 4.78 is 25.8. The molecule has 0 saturated heterocycles. The van der Waals surface area contributed by atoms with Crippen LogP contribution in [0.15, 0.2) is 12.3 Å². The molecule has 0 amide bonds. The summed E-state index contributed by atoms with van der Waals surface area (Å²) in [6.07, 6.45) is 2.51. The second-order valence-electron chi connectivity index (χ2n) is 3.21. The number of alkyl halides is 1. The van der Waals surface area contributed by atoms with Crippen molar-refractivity contribution >= 4 is 17.4 Å². The van der Waals surface area contributed by atoms with Gasteiger partial charge in [0.05, 0.1) is 6.20 Å². The van der Waals surface area contributed by atoms with Crippen molar-refractivity contribution in [3.63, 3.8) is 0 Å². The largest absolute Gasteiger partial charge is 0.365 e. The van der Waals surface area contributed by atoms with E-state index in [-0.39, 0.29) is 11.9 Å². The minimum absolute atomic E-state index is 0.0648. The van der Waals surface area contributed by atoms with Crippen molar-refractivity contribution < 1.29 is 8.78 Å². The van der Waals surface area contributed by atoms with Crippen LogP contribution < -0.4 is 5.32 Å².